The molecule has 0 unspecified atom stereocenters. The molecule has 0 spiro atoms. The van der Waals surface area contributed by atoms with Crippen molar-refractivity contribution in [2.45, 2.75) is 26.3 Å². The molecule has 0 aromatic carbocycles. The van der Waals surface area contributed by atoms with Crippen LogP contribution in [0.5, 0.6) is 0 Å². The Bertz CT molecular complexity index is 132. The van der Waals surface area contributed by atoms with E-state index in [4.69, 9.17) is 9.84 Å². The summed E-state index contributed by atoms with van der Waals surface area (Å²) in [6.45, 7) is 8.95. The zero-order chi connectivity index (χ0) is 11.5. The fourth-order valence-corrected chi connectivity index (χ4v) is 1.39. The highest BCUT2D eigenvalue weighted by Gasteiger charge is 2.03. The lowest BCUT2D eigenvalue weighted by molar-refractivity contribution is 0.130. The number of aliphatic hydroxyl groups is 1. The summed E-state index contributed by atoms with van der Waals surface area (Å²) in [4.78, 5) is 2.23. The molecule has 4 heteroatoms. The number of nitrogens with zero attached hydrogens (tertiary/aromatic N) is 1. The van der Waals surface area contributed by atoms with Crippen LogP contribution in [0.2, 0.25) is 0 Å². The van der Waals surface area contributed by atoms with Crippen LogP contribution in [-0.4, -0.2) is 62.6 Å². The van der Waals surface area contributed by atoms with Crippen LogP contribution in [0, 0.1) is 0 Å². The fourth-order valence-electron chi connectivity index (χ4n) is 1.39. The van der Waals surface area contributed by atoms with Gasteiger partial charge in [-0.3, -0.25) is 4.90 Å². The van der Waals surface area contributed by atoms with E-state index in [9.17, 15) is 0 Å². The van der Waals surface area contributed by atoms with E-state index in [2.05, 4.69) is 24.1 Å². The molecule has 0 aliphatic heterocycles. The maximum absolute atomic E-state index is 8.88. The van der Waals surface area contributed by atoms with Crippen LogP contribution in [-0.2, 0) is 4.74 Å². The zero-order valence-corrected chi connectivity index (χ0v) is 10.3. The third-order valence-corrected chi connectivity index (χ3v) is 2.23. The number of nitrogens with one attached hydrogen (secondary N) is 1. The maximum atomic E-state index is 8.88. The van der Waals surface area contributed by atoms with Gasteiger partial charge in [0.05, 0.1) is 13.2 Å². The van der Waals surface area contributed by atoms with E-state index < -0.39 is 0 Å². The fraction of sp³-hybridized carbons (Fsp3) is 1.00. The molecule has 0 rings (SSSR count). The molecule has 15 heavy (non-hydrogen) atoms. The van der Waals surface area contributed by atoms with Gasteiger partial charge in [0.2, 0.25) is 0 Å². The topological polar surface area (TPSA) is 44.7 Å². The van der Waals surface area contributed by atoms with Crippen molar-refractivity contribution in [2.24, 2.45) is 0 Å². The van der Waals surface area contributed by atoms with Crippen molar-refractivity contribution in [3.8, 4) is 0 Å². The smallest absolute Gasteiger partial charge is 0.0589 e. The second-order valence-corrected chi connectivity index (χ2v) is 4.02. The average molecular weight is 218 g/mol. The molecule has 2 N–H and O–H groups in total. The minimum absolute atomic E-state index is 0.224. The highest BCUT2D eigenvalue weighted by atomic mass is 16.5. The third kappa shape index (κ3) is 10.1. The van der Waals surface area contributed by atoms with E-state index in [1.165, 1.54) is 0 Å². The number of hydrogen-bond donors (Lipinski definition) is 2. The van der Waals surface area contributed by atoms with E-state index in [1.807, 2.05) is 0 Å². The van der Waals surface area contributed by atoms with Gasteiger partial charge in [-0.2, -0.15) is 0 Å². The molecule has 0 radical (unpaired) electrons. The Hall–Kier alpha value is -0.160. The van der Waals surface area contributed by atoms with Crippen molar-refractivity contribution < 1.29 is 9.84 Å². The summed E-state index contributed by atoms with van der Waals surface area (Å²) in [6, 6.07) is 0.551. The number of aliphatic hydroxyl groups excluding tert-OH is 1. The molecule has 0 saturated carbocycles. The molecule has 0 bridgehead atoms. The molecule has 0 amide bonds. The lowest BCUT2D eigenvalue weighted by atomic mass is 10.3. The lowest BCUT2D eigenvalue weighted by Gasteiger charge is -2.21. The predicted molar refractivity (Wildman–Crippen MR) is 63.2 cm³/mol. The van der Waals surface area contributed by atoms with Gasteiger partial charge in [0, 0.05) is 26.2 Å². The van der Waals surface area contributed by atoms with Crippen molar-refractivity contribution in [1.29, 1.82) is 0 Å². The van der Waals surface area contributed by atoms with Gasteiger partial charge in [-0.15, -0.1) is 0 Å². The minimum Gasteiger partial charge on any atom is -0.395 e. The Morgan fingerprint density at radius 3 is 2.53 bits per heavy atom. The zero-order valence-electron chi connectivity index (χ0n) is 10.3. The Kier molecular flexibility index (Phi) is 10.3. The number of methoxy groups -OCH3 is 1. The molecule has 0 saturated heterocycles. The third-order valence-electron chi connectivity index (χ3n) is 2.23. The Balaban J connectivity index is 3.47. The maximum Gasteiger partial charge on any atom is 0.0589 e. The first-order valence-corrected chi connectivity index (χ1v) is 5.76. The molecule has 0 atom stereocenters. The molecular weight excluding hydrogens is 192 g/mol. The average Bonchev–Trinajstić information content (AvgIpc) is 2.20. The van der Waals surface area contributed by atoms with E-state index in [1.54, 1.807) is 7.11 Å². The first-order chi connectivity index (χ1) is 7.20. The summed E-state index contributed by atoms with van der Waals surface area (Å²) in [7, 11) is 1.71. The molecule has 0 aromatic heterocycles. The number of hydrogen-bond acceptors (Lipinski definition) is 4. The highest BCUT2D eigenvalue weighted by molar-refractivity contribution is 4.59. The van der Waals surface area contributed by atoms with E-state index in [0.29, 0.717) is 6.04 Å². The van der Waals surface area contributed by atoms with E-state index in [0.717, 1.165) is 39.2 Å². The van der Waals surface area contributed by atoms with Crippen molar-refractivity contribution >= 4 is 0 Å². The molecule has 0 aliphatic carbocycles. The van der Waals surface area contributed by atoms with Gasteiger partial charge < -0.3 is 15.2 Å². The number of ether oxygens (including phenoxy) is 1. The molecule has 0 aromatic rings. The normalized spacial score (nSPS) is 11.6. The summed E-state index contributed by atoms with van der Waals surface area (Å²) < 4.78 is 5.02. The summed E-state index contributed by atoms with van der Waals surface area (Å²) >= 11 is 0. The first-order valence-electron chi connectivity index (χ1n) is 5.76. The first kappa shape index (κ1) is 14.8. The highest BCUT2D eigenvalue weighted by Crippen LogP contribution is 1.91. The van der Waals surface area contributed by atoms with E-state index in [-0.39, 0.29) is 6.61 Å². The monoisotopic (exact) mass is 218 g/mol. The van der Waals surface area contributed by atoms with Gasteiger partial charge in [0.25, 0.3) is 0 Å². The summed E-state index contributed by atoms with van der Waals surface area (Å²) in [5.41, 5.74) is 0. The Labute approximate surface area is 93.6 Å². The van der Waals surface area contributed by atoms with Crippen LogP contribution in [0.4, 0.5) is 0 Å². The van der Waals surface area contributed by atoms with Crippen LogP contribution in [0.25, 0.3) is 0 Å². The molecule has 4 nitrogen and oxygen atoms in total. The van der Waals surface area contributed by atoms with Gasteiger partial charge in [0.15, 0.2) is 0 Å². The summed E-state index contributed by atoms with van der Waals surface area (Å²) in [5, 5.41) is 12.3. The van der Waals surface area contributed by atoms with Crippen LogP contribution >= 0.6 is 0 Å². The molecule has 92 valence electrons. The van der Waals surface area contributed by atoms with Crippen molar-refractivity contribution in [1.82, 2.24) is 10.2 Å². The van der Waals surface area contributed by atoms with Gasteiger partial charge in [-0.1, -0.05) is 13.8 Å². The summed E-state index contributed by atoms with van der Waals surface area (Å²) in [6.07, 6.45) is 1.11. The molecule has 0 heterocycles. The molecule has 0 fully saturated rings. The van der Waals surface area contributed by atoms with Crippen LogP contribution in [0.1, 0.15) is 20.3 Å². The number of rotatable bonds is 10. The second kappa shape index (κ2) is 10.4. The van der Waals surface area contributed by atoms with Gasteiger partial charge in [-0.05, 0) is 19.5 Å². The van der Waals surface area contributed by atoms with Crippen molar-refractivity contribution in [3.05, 3.63) is 0 Å². The van der Waals surface area contributed by atoms with Crippen LogP contribution in [0.3, 0.4) is 0 Å². The predicted octanol–water partition coefficient (Wildman–Crippen LogP) is 0.315. The summed E-state index contributed by atoms with van der Waals surface area (Å²) in [5.74, 6) is 0. The minimum atomic E-state index is 0.224. The standard InChI is InChI=1S/C11H26N2O2/c1-11(2)12-5-4-6-13(7-9-14)8-10-15-3/h11-12,14H,4-10H2,1-3H3. The van der Waals surface area contributed by atoms with Crippen LogP contribution in [0.15, 0.2) is 0 Å². The van der Waals surface area contributed by atoms with Crippen molar-refractivity contribution in [3.63, 3.8) is 0 Å². The SMILES string of the molecule is COCCN(CCO)CCCNC(C)C. The van der Waals surface area contributed by atoms with Gasteiger partial charge >= 0.3 is 0 Å². The van der Waals surface area contributed by atoms with Gasteiger partial charge in [0.1, 0.15) is 0 Å². The lowest BCUT2D eigenvalue weighted by Crippen LogP contribution is -2.33. The van der Waals surface area contributed by atoms with Crippen LogP contribution < -0.4 is 5.32 Å². The Morgan fingerprint density at radius 2 is 2.00 bits per heavy atom. The molecular formula is C11H26N2O2. The van der Waals surface area contributed by atoms with Crippen molar-refractivity contribution in [2.75, 3.05) is 46.5 Å². The van der Waals surface area contributed by atoms with E-state index >= 15 is 0 Å². The second-order valence-electron chi connectivity index (χ2n) is 4.02. The van der Waals surface area contributed by atoms with Gasteiger partial charge in [-0.25, -0.2) is 0 Å². The largest absolute Gasteiger partial charge is 0.395 e. The molecule has 0 aliphatic rings. The quantitative estimate of drug-likeness (QED) is 0.518. The Morgan fingerprint density at radius 1 is 1.27 bits per heavy atom.